The second-order valence-electron chi connectivity index (χ2n) is 3.61. The predicted octanol–water partition coefficient (Wildman–Crippen LogP) is 3.72. The average molecular weight is 150 g/mol. The van der Waals surface area contributed by atoms with E-state index in [1.807, 2.05) is 13.0 Å². The largest absolute Gasteiger partial charge is 0.0991 e. The Bertz CT molecular complexity index is 175. The Hall–Kier alpha value is -0.780. The molecule has 0 aliphatic carbocycles. The van der Waals surface area contributed by atoms with Crippen LogP contribution in [-0.4, -0.2) is 0 Å². The first-order valence-corrected chi connectivity index (χ1v) is 3.98. The van der Waals surface area contributed by atoms with Crippen molar-refractivity contribution in [3.63, 3.8) is 0 Å². The van der Waals surface area contributed by atoms with Gasteiger partial charge >= 0.3 is 0 Å². The summed E-state index contributed by atoms with van der Waals surface area (Å²) in [5.41, 5.74) is 1.54. The van der Waals surface area contributed by atoms with Crippen LogP contribution >= 0.6 is 0 Å². The highest BCUT2D eigenvalue weighted by molar-refractivity contribution is 5.27. The summed E-state index contributed by atoms with van der Waals surface area (Å²) in [7, 11) is 0. The van der Waals surface area contributed by atoms with Gasteiger partial charge in [0.25, 0.3) is 0 Å². The van der Waals surface area contributed by atoms with Crippen molar-refractivity contribution in [2.45, 2.75) is 27.7 Å². The SMILES string of the molecule is C=CC=C(C=CC)C(C)(C)C. The standard InChI is InChI=1S/C11H18/c1-6-8-10(9-7-2)11(3,4)5/h6-9H,1H2,2-5H3. The molecule has 0 rings (SSSR count). The highest BCUT2D eigenvalue weighted by Gasteiger charge is 2.12. The first-order chi connectivity index (χ1) is 5.02. The van der Waals surface area contributed by atoms with Crippen LogP contribution in [0.5, 0.6) is 0 Å². The molecule has 0 aliphatic heterocycles. The predicted molar refractivity (Wildman–Crippen MR) is 52.5 cm³/mol. The molecular weight excluding hydrogens is 132 g/mol. The Morgan fingerprint density at radius 2 is 1.82 bits per heavy atom. The van der Waals surface area contributed by atoms with Gasteiger partial charge in [0, 0.05) is 0 Å². The molecule has 0 bridgehead atoms. The molecule has 62 valence electrons. The van der Waals surface area contributed by atoms with E-state index in [2.05, 4.69) is 45.6 Å². The van der Waals surface area contributed by atoms with Gasteiger partial charge in [0.2, 0.25) is 0 Å². The van der Waals surface area contributed by atoms with Gasteiger partial charge in [-0.2, -0.15) is 0 Å². The zero-order valence-electron chi connectivity index (χ0n) is 8.02. The molecule has 0 heterocycles. The third-order valence-corrected chi connectivity index (χ3v) is 1.51. The van der Waals surface area contributed by atoms with E-state index in [9.17, 15) is 0 Å². The van der Waals surface area contributed by atoms with Crippen molar-refractivity contribution in [2.75, 3.05) is 0 Å². The van der Waals surface area contributed by atoms with Gasteiger partial charge < -0.3 is 0 Å². The van der Waals surface area contributed by atoms with Gasteiger partial charge in [-0.1, -0.05) is 51.7 Å². The lowest BCUT2D eigenvalue weighted by Gasteiger charge is -2.19. The van der Waals surface area contributed by atoms with Crippen LogP contribution in [0.15, 0.2) is 36.5 Å². The van der Waals surface area contributed by atoms with Crippen LogP contribution in [0.25, 0.3) is 0 Å². The van der Waals surface area contributed by atoms with Gasteiger partial charge in [-0.25, -0.2) is 0 Å². The quantitative estimate of drug-likeness (QED) is 0.526. The molecule has 0 spiro atoms. The Morgan fingerprint density at radius 3 is 2.09 bits per heavy atom. The molecule has 0 N–H and O–H groups in total. The fourth-order valence-corrected chi connectivity index (χ4v) is 0.862. The molecule has 0 unspecified atom stereocenters. The summed E-state index contributed by atoms with van der Waals surface area (Å²) in [6.07, 6.45) is 8.07. The van der Waals surface area contributed by atoms with Crippen molar-refractivity contribution in [2.24, 2.45) is 5.41 Å². The molecule has 0 saturated carbocycles. The molecule has 0 amide bonds. The Labute approximate surface area is 70.3 Å². The van der Waals surface area contributed by atoms with E-state index in [1.54, 1.807) is 0 Å². The second kappa shape index (κ2) is 4.17. The normalized spacial score (nSPS) is 14.0. The zero-order chi connectivity index (χ0) is 8.91. The number of hydrogen-bond donors (Lipinski definition) is 0. The van der Waals surface area contributed by atoms with E-state index in [1.165, 1.54) is 5.57 Å². The average Bonchev–Trinajstić information content (AvgIpc) is 1.85. The van der Waals surface area contributed by atoms with E-state index in [0.717, 1.165) is 0 Å². The highest BCUT2D eigenvalue weighted by Crippen LogP contribution is 2.25. The second-order valence-corrected chi connectivity index (χ2v) is 3.61. The molecule has 0 aromatic rings. The summed E-state index contributed by atoms with van der Waals surface area (Å²) in [4.78, 5) is 0. The minimum Gasteiger partial charge on any atom is -0.0991 e. The minimum atomic E-state index is 0.223. The number of allylic oxidation sites excluding steroid dienone is 5. The fourth-order valence-electron chi connectivity index (χ4n) is 0.862. The number of hydrogen-bond acceptors (Lipinski definition) is 0. The summed E-state index contributed by atoms with van der Waals surface area (Å²) in [5, 5.41) is 0. The Balaban J connectivity index is 4.61. The van der Waals surface area contributed by atoms with Gasteiger partial charge in [-0.05, 0) is 17.9 Å². The Morgan fingerprint density at radius 1 is 1.27 bits per heavy atom. The lowest BCUT2D eigenvalue weighted by molar-refractivity contribution is 0.517. The maximum atomic E-state index is 3.69. The van der Waals surface area contributed by atoms with Gasteiger partial charge in [-0.3, -0.25) is 0 Å². The van der Waals surface area contributed by atoms with Crippen LogP contribution < -0.4 is 0 Å². The van der Waals surface area contributed by atoms with Gasteiger partial charge in [0.1, 0.15) is 0 Å². The van der Waals surface area contributed by atoms with Crippen LogP contribution in [0.4, 0.5) is 0 Å². The van der Waals surface area contributed by atoms with E-state index in [4.69, 9.17) is 0 Å². The molecule has 0 radical (unpaired) electrons. The molecule has 0 atom stereocenters. The molecule has 0 aliphatic rings. The van der Waals surface area contributed by atoms with Crippen LogP contribution in [0, 0.1) is 5.41 Å². The van der Waals surface area contributed by atoms with E-state index in [-0.39, 0.29) is 5.41 Å². The van der Waals surface area contributed by atoms with Crippen molar-refractivity contribution < 1.29 is 0 Å². The highest BCUT2D eigenvalue weighted by atomic mass is 14.2. The molecule has 11 heavy (non-hydrogen) atoms. The van der Waals surface area contributed by atoms with Crippen molar-refractivity contribution in [1.29, 1.82) is 0 Å². The molecule has 0 heteroatoms. The molecule has 0 aromatic heterocycles. The molecule has 0 nitrogen and oxygen atoms in total. The molecule has 0 saturated heterocycles. The maximum absolute atomic E-state index is 3.69. The van der Waals surface area contributed by atoms with Crippen LogP contribution in [0.2, 0.25) is 0 Å². The van der Waals surface area contributed by atoms with E-state index in [0.29, 0.717) is 0 Å². The minimum absolute atomic E-state index is 0.223. The van der Waals surface area contributed by atoms with Crippen molar-refractivity contribution >= 4 is 0 Å². The Kier molecular flexibility index (Phi) is 3.88. The van der Waals surface area contributed by atoms with Crippen molar-refractivity contribution in [3.05, 3.63) is 36.5 Å². The van der Waals surface area contributed by atoms with Crippen LogP contribution in [0.1, 0.15) is 27.7 Å². The van der Waals surface area contributed by atoms with Crippen LogP contribution in [-0.2, 0) is 0 Å². The van der Waals surface area contributed by atoms with E-state index >= 15 is 0 Å². The van der Waals surface area contributed by atoms with E-state index < -0.39 is 0 Å². The molecular formula is C11H18. The van der Waals surface area contributed by atoms with Crippen molar-refractivity contribution in [3.8, 4) is 0 Å². The fraction of sp³-hybridized carbons (Fsp3) is 0.455. The summed E-state index contributed by atoms with van der Waals surface area (Å²) >= 11 is 0. The molecule has 0 aromatic carbocycles. The first kappa shape index (κ1) is 10.2. The van der Waals surface area contributed by atoms with Gasteiger partial charge in [-0.15, -0.1) is 0 Å². The van der Waals surface area contributed by atoms with Crippen LogP contribution in [0.3, 0.4) is 0 Å². The molecule has 0 fully saturated rings. The lowest BCUT2D eigenvalue weighted by atomic mass is 9.86. The zero-order valence-corrected chi connectivity index (χ0v) is 8.02. The lowest BCUT2D eigenvalue weighted by Crippen LogP contribution is -2.06. The maximum Gasteiger partial charge on any atom is -0.0132 e. The van der Waals surface area contributed by atoms with Gasteiger partial charge in [0.15, 0.2) is 0 Å². The third kappa shape index (κ3) is 3.82. The van der Waals surface area contributed by atoms with Crippen molar-refractivity contribution in [1.82, 2.24) is 0 Å². The summed E-state index contributed by atoms with van der Waals surface area (Å²) in [5.74, 6) is 0. The topological polar surface area (TPSA) is 0 Å². The first-order valence-electron chi connectivity index (χ1n) is 3.98. The van der Waals surface area contributed by atoms with Gasteiger partial charge in [0.05, 0.1) is 0 Å². The monoisotopic (exact) mass is 150 g/mol. The third-order valence-electron chi connectivity index (χ3n) is 1.51. The smallest absolute Gasteiger partial charge is 0.0132 e. The number of rotatable bonds is 2. The summed E-state index contributed by atoms with van der Waals surface area (Å²) in [6.45, 7) is 12.3. The summed E-state index contributed by atoms with van der Waals surface area (Å²) in [6, 6.07) is 0. The summed E-state index contributed by atoms with van der Waals surface area (Å²) < 4.78 is 0.